The summed E-state index contributed by atoms with van der Waals surface area (Å²) in [6.45, 7) is 8.57. The fraction of sp³-hybridized carbons (Fsp3) is 0.478. The van der Waals surface area contributed by atoms with Crippen LogP contribution in [0.25, 0.3) is 0 Å². The second-order valence-corrected chi connectivity index (χ2v) is 7.96. The van der Waals surface area contributed by atoms with Crippen LogP contribution in [-0.2, 0) is 0 Å². The first-order chi connectivity index (χ1) is 13.4. The van der Waals surface area contributed by atoms with Gasteiger partial charge in [0.2, 0.25) is 5.41 Å². The van der Waals surface area contributed by atoms with Gasteiger partial charge in [0.25, 0.3) is 0 Å². The van der Waals surface area contributed by atoms with E-state index in [1.165, 1.54) is 5.56 Å². The Morgan fingerprint density at radius 1 is 1.18 bits per heavy atom. The van der Waals surface area contributed by atoms with Gasteiger partial charge in [-0.25, -0.2) is 0 Å². The van der Waals surface area contributed by atoms with E-state index < -0.39 is 11.3 Å². The molecule has 1 aliphatic carbocycles. The van der Waals surface area contributed by atoms with Gasteiger partial charge >= 0.3 is 0 Å². The van der Waals surface area contributed by atoms with Gasteiger partial charge in [0.15, 0.2) is 0 Å². The predicted octanol–water partition coefficient (Wildman–Crippen LogP) is 3.98. The highest BCUT2D eigenvalue weighted by molar-refractivity contribution is 6.01. The van der Waals surface area contributed by atoms with E-state index >= 15 is 0 Å². The molecule has 1 N–H and O–H groups in total. The smallest absolute Gasteiger partial charge is 0.203 e. The van der Waals surface area contributed by atoms with Crippen LogP contribution in [0.1, 0.15) is 43.7 Å². The van der Waals surface area contributed by atoms with Crippen molar-refractivity contribution in [2.45, 2.75) is 32.6 Å². The van der Waals surface area contributed by atoms with Crippen molar-refractivity contribution in [3.63, 3.8) is 0 Å². The third-order valence-corrected chi connectivity index (χ3v) is 6.27. The van der Waals surface area contributed by atoms with Crippen molar-refractivity contribution in [3.05, 3.63) is 47.0 Å². The molecule has 3 rings (SSSR count). The van der Waals surface area contributed by atoms with Crippen LogP contribution < -0.4 is 0 Å². The molecule has 0 aromatic heterocycles. The lowest BCUT2D eigenvalue weighted by Crippen LogP contribution is -2.52. The highest BCUT2D eigenvalue weighted by Crippen LogP contribution is 2.52. The Balaban J connectivity index is 2.16. The number of fused-ring (bicyclic) bond motifs is 1. The molecular weight excluding hydrogens is 346 g/mol. The molecule has 5 nitrogen and oxygen atoms in total. The van der Waals surface area contributed by atoms with Gasteiger partial charge in [-0.05, 0) is 29.2 Å². The first kappa shape index (κ1) is 19.8. The molecule has 0 amide bonds. The molecule has 142 valence electrons. The molecule has 1 aromatic carbocycles. The number of benzene rings is 1. The van der Waals surface area contributed by atoms with Crippen LogP contribution in [0, 0.1) is 56.7 Å². The molecule has 1 saturated carbocycles. The zero-order chi connectivity index (χ0) is 20.5. The van der Waals surface area contributed by atoms with Crippen molar-refractivity contribution in [1.82, 2.24) is 4.90 Å². The minimum absolute atomic E-state index is 0.0783. The Kier molecular flexibility index (Phi) is 5.37. The topological polar surface area (TPSA) is 98.5 Å². The monoisotopic (exact) mass is 371 g/mol. The molecular formula is C23H25N5. The van der Waals surface area contributed by atoms with Crippen LogP contribution in [0.5, 0.6) is 0 Å². The largest absolute Gasteiger partial charge is 0.305 e. The van der Waals surface area contributed by atoms with Crippen molar-refractivity contribution >= 4 is 5.71 Å². The standard InChI is InChI=1S/C23H25N5/c1-4-28-10-9-20-19(12-28)21(17-7-5-16(6-8-17)15(2)3)18(11-24)22(27)23(20,13-25)14-26/h5-9,15,18-19,21,27H,4,10,12H2,1-3H3/t18-,19-,21+/m0/s1. The lowest BCUT2D eigenvalue weighted by Gasteiger charge is -2.47. The Hall–Kier alpha value is -2.94. The number of hydrogen-bond acceptors (Lipinski definition) is 5. The quantitative estimate of drug-likeness (QED) is 0.812. The molecule has 3 atom stereocenters. The fourth-order valence-corrected chi connectivity index (χ4v) is 4.57. The Bertz CT molecular complexity index is 906. The van der Waals surface area contributed by atoms with E-state index in [0.717, 1.165) is 12.1 Å². The summed E-state index contributed by atoms with van der Waals surface area (Å²) in [4.78, 5) is 2.26. The molecule has 28 heavy (non-hydrogen) atoms. The summed E-state index contributed by atoms with van der Waals surface area (Å²) in [7, 11) is 0. The average molecular weight is 371 g/mol. The Morgan fingerprint density at radius 3 is 2.32 bits per heavy atom. The summed E-state index contributed by atoms with van der Waals surface area (Å²) < 4.78 is 0. The molecule has 1 aromatic rings. The maximum atomic E-state index is 9.93. The Morgan fingerprint density at radius 2 is 1.82 bits per heavy atom. The normalized spacial score (nSPS) is 26.5. The van der Waals surface area contributed by atoms with E-state index in [0.29, 0.717) is 24.6 Å². The lowest BCUT2D eigenvalue weighted by molar-refractivity contribution is 0.218. The molecule has 0 saturated heterocycles. The van der Waals surface area contributed by atoms with Gasteiger partial charge in [0.05, 0.1) is 29.8 Å². The van der Waals surface area contributed by atoms with E-state index in [1.54, 1.807) is 0 Å². The van der Waals surface area contributed by atoms with E-state index in [-0.39, 0.29) is 17.5 Å². The summed E-state index contributed by atoms with van der Waals surface area (Å²) >= 11 is 0. The van der Waals surface area contributed by atoms with Crippen LogP contribution in [0.4, 0.5) is 0 Å². The molecule has 2 aliphatic rings. The summed E-state index contributed by atoms with van der Waals surface area (Å²) in [6, 6.07) is 14.7. The van der Waals surface area contributed by atoms with Gasteiger partial charge in [0, 0.05) is 24.9 Å². The maximum Gasteiger partial charge on any atom is 0.203 e. The van der Waals surface area contributed by atoms with Crippen molar-refractivity contribution in [3.8, 4) is 18.2 Å². The summed E-state index contributed by atoms with van der Waals surface area (Å²) in [6.07, 6.45) is 1.95. The third-order valence-electron chi connectivity index (χ3n) is 6.27. The van der Waals surface area contributed by atoms with Gasteiger partial charge in [-0.3, -0.25) is 4.90 Å². The molecule has 1 aliphatic heterocycles. The van der Waals surface area contributed by atoms with E-state index in [9.17, 15) is 15.8 Å². The second kappa shape index (κ2) is 7.59. The molecule has 0 unspecified atom stereocenters. The predicted molar refractivity (Wildman–Crippen MR) is 107 cm³/mol. The van der Waals surface area contributed by atoms with Crippen molar-refractivity contribution in [2.75, 3.05) is 19.6 Å². The molecule has 1 fully saturated rings. The van der Waals surface area contributed by atoms with E-state index in [4.69, 9.17) is 5.41 Å². The van der Waals surface area contributed by atoms with E-state index in [2.05, 4.69) is 56.0 Å². The first-order valence-electron chi connectivity index (χ1n) is 9.77. The first-order valence-corrected chi connectivity index (χ1v) is 9.77. The van der Waals surface area contributed by atoms with Crippen molar-refractivity contribution < 1.29 is 0 Å². The van der Waals surface area contributed by atoms with Crippen molar-refractivity contribution in [2.24, 2.45) is 17.3 Å². The minimum atomic E-state index is -1.63. The molecule has 0 spiro atoms. The van der Waals surface area contributed by atoms with Gasteiger partial charge in [-0.2, -0.15) is 15.8 Å². The van der Waals surface area contributed by atoms with Crippen LogP contribution >= 0.6 is 0 Å². The highest BCUT2D eigenvalue weighted by Gasteiger charge is 2.56. The van der Waals surface area contributed by atoms with Gasteiger partial charge in [-0.15, -0.1) is 0 Å². The van der Waals surface area contributed by atoms with Gasteiger partial charge < -0.3 is 5.41 Å². The number of rotatable bonds is 3. The fourth-order valence-electron chi connectivity index (χ4n) is 4.57. The number of nitrogens with one attached hydrogen (secondary N) is 1. The van der Waals surface area contributed by atoms with E-state index in [1.807, 2.05) is 18.2 Å². The van der Waals surface area contributed by atoms with Crippen LogP contribution in [0.2, 0.25) is 0 Å². The van der Waals surface area contributed by atoms with Crippen LogP contribution in [-0.4, -0.2) is 30.2 Å². The molecule has 0 bridgehead atoms. The second-order valence-electron chi connectivity index (χ2n) is 7.96. The van der Waals surface area contributed by atoms with Gasteiger partial charge in [-0.1, -0.05) is 51.1 Å². The van der Waals surface area contributed by atoms with Crippen molar-refractivity contribution in [1.29, 1.82) is 21.2 Å². The Labute approximate surface area is 167 Å². The van der Waals surface area contributed by atoms with Crippen LogP contribution in [0.15, 0.2) is 35.9 Å². The lowest BCUT2D eigenvalue weighted by atomic mass is 9.55. The van der Waals surface area contributed by atoms with Crippen LogP contribution in [0.3, 0.4) is 0 Å². The SMILES string of the molecule is CCN1CC=C2[C@H](C1)[C@H](c1ccc(C(C)C)cc1)[C@H](C#N)C(=N)C2(C#N)C#N. The van der Waals surface area contributed by atoms with Gasteiger partial charge in [0.1, 0.15) is 0 Å². The molecule has 1 heterocycles. The number of nitrogens with zero attached hydrogens (tertiary/aromatic N) is 4. The zero-order valence-electron chi connectivity index (χ0n) is 16.6. The summed E-state index contributed by atoms with van der Waals surface area (Å²) in [5.74, 6) is -0.732. The summed E-state index contributed by atoms with van der Waals surface area (Å²) in [5, 5.41) is 38.3. The summed E-state index contributed by atoms with van der Waals surface area (Å²) in [5.41, 5.74) is 1.22. The minimum Gasteiger partial charge on any atom is -0.305 e. The molecule has 5 heteroatoms. The maximum absolute atomic E-state index is 9.93. The average Bonchev–Trinajstić information content (AvgIpc) is 2.73. The highest BCUT2D eigenvalue weighted by atomic mass is 15.1. The zero-order valence-corrected chi connectivity index (χ0v) is 16.6. The number of likely N-dealkylation sites (N-methyl/N-ethyl adjacent to an activating group) is 1. The number of hydrogen-bond donors (Lipinski definition) is 1. The number of nitriles is 3. The third kappa shape index (κ3) is 2.91. The molecule has 0 radical (unpaired) electrons.